The molecule has 1 heterocycles. The molecule has 0 radical (unpaired) electrons. The minimum Gasteiger partial charge on any atom is -0.389 e. The molecule has 0 atom stereocenters. The summed E-state index contributed by atoms with van der Waals surface area (Å²) in [6, 6.07) is 0. The van der Waals surface area contributed by atoms with Crippen molar-refractivity contribution in [1.29, 1.82) is 0 Å². The van der Waals surface area contributed by atoms with E-state index in [2.05, 4.69) is 4.37 Å². The molecule has 0 saturated heterocycles. The Morgan fingerprint density at radius 1 is 1.86 bits per heavy atom. The van der Waals surface area contributed by atoms with E-state index in [-0.39, 0.29) is 0 Å². The molecule has 0 bridgehead atoms. The zero-order valence-corrected chi connectivity index (χ0v) is 4.83. The molecule has 0 aliphatic rings. The Balaban J connectivity index is 3.12. The second-order valence-electron chi connectivity index (χ2n) is 1.37. The Labute approximate surface area is 46.1 Å². The van der Waals surface area contributed by atoms with Crippen LogP contribution >= 0.6 is 11.5 Å². The monoisotopic (exact) mass is 114 g/mol. The highest BCUT2D eigenvalue weighted by Crippen LogP contribution is 2.12. The molecule has 0 spiro atoms. The van der Waals surface area contributed by atoms with Crippen molar-refractivity contribution in [2.75, 3.05) is 5.73 Å². The molecule has 0 fully saturated rings. The lowest BCUT2D eigenvalue weighted by molar-refractivity contribution is 1.46. The lowest BCUT2D eigenvalue weighted by Crippen LogP contribution is -1.78. The van der Waals surface area contributed by atoms with Gasteiger partial charge in [0.25, 0.3) is 0 Å². The van der Waals surface area contributed by atoms with Crippen molar-refractivity contribution in [1.82, 2.24) is 4.37 Å². The summed E-state index contributed by atoms with van der Waals surface area (Å²) < 4.78 is 3.84. The summed E-state index contributed by atoms with van der Waals surface area (Å²) in [5, 5.41) is 0.819. The van der Waals surface area contributed by atoms with Gasteiger partial charge in [0.2, 0.25) is 0 Å². The van der Waals surface area contributed by atoms with Gasteiger partial charge in [-0.05, 0) is 18.5 Å². The molecular weight excluding hydrogens is 108 g/mol. The SMILES string of the molecule is Cc1cnsc1N. The predicted molar refractivity (Wildman–Crippen MR) is 31.3 cm³/mol. The van der Waals surface area contributed by atoms with Crippen molar-refractivity contribution in [3.63, 3.8) is 0 Å². The van der Waals surface area contributed by atoms with Crippen LogP contribution in [0.3, 0.4) is 0 Å². The first-order valence-electron chi connectivity index (χ1n) is 1.97. The van der Waals surface area contributed by atoms with Crippen LogP contribution in [-0.2, 0) is 0 Å². The van der Waals surface area contributed by atoms with Crippen molar-refractivity contribution in [2.24, 2.45) is 0 Å². The third-order valence-electron chi connectivity index (χ3n) is 0.786. The maximum Gasteiger partial charge on any atom is 0.109 e. The van der Waals surface area contributed by atoms with Crippen molar-refractivity contribution >= 4 is 16.5 Å². The van der Waals surface area contributed by atoms with Gasteiger partial charge in [0.1, 0.15) is 5.00 Å². The summed E-state index contributed by atoms with van der Waals surface area (Å²) in [6.07, 6.45) is 1.76. The molecule has 1 aromatic heterocycles. The molecule has 1 rings (SSSR count). The van der Waals surface area contributed by atoms with E-state index in [0.29, 0.717) is 0 Å². The van der Waals surface area contributed by atoms with Crippen LogP contribution in [0, 0.1) is 6.92 Å². The Morgan fingerprint density at radius 2 is 2.57 bits per heavy atom. The number of aromatic nitrogens is 1. The zero-order chi connectivity index (χ0) is 5.28. The molecule has 0 aromatic carbocycles. The van der Waals surface area contributed by atoms with Crippen LogP contribution in [-0.4, -0.2) is 4.37 Å². The van der Waals surface area contributed by atoms with Gasteiger partial charge in [0, 0.05) is 11.8 Å². The number of nitrogens with two attached hydrogens (primary N) is 1. The first-order chi connectivity index (χ1) is 3.30. The second kappa shape index (κ2) is 1.50. The topological polar surface area (TPSA) is 38.9 Å². The normalized spacial score (nSPS) is 9.29. The van der Waals surface area contributed by atoms with Crippen molar-refractivity contribution in [3.05, 3.63) is 11.8 Å². The van der Waals surface area contributed by atoms with E-state index in [4.69, 9.17) is 5.73 Å². The van der Waals surface area contributed by atoms with Crippen molar-refractivity contribution in [3.8, 4) is 0 Å². The van der Waals surface area contributed by atoms with Gasteiger partial charge in [0.05, 0.1) is 0 Å². The number of hydrogen-bond donors (Lipinski definition) is 1. The van der Waals surface area contributed by atoms with E-state index >= 15 is 0 Å². The van der Waals surface area contributed by atoms with E-state index in [0.717, 1.165) is 10.6 Å². The molecule has 2 N–H and O–H groups in total. The van der Waals surface area contributed by atoms with Gasteiger partial charge in [-0.25, -0.2) is 0 Å². The smallest absolute Gasteiger partial charge is 0.109 e. The molecular formula is C4H6N2S. The number of nitrogens with zero attached hydrogens (tertiary/aromatic N) is 1. The summed E-state index contributed by atoms with van der Waals surface area (Å²) in [7, 11) is 0. The van der Waals surface area contributed by atoms with Gasteiger partial charge in [-0.1, -0.05) is 0 Å². The fraction of sp³-hybridized carbons (Fsp3) is 0.250. The maximum absolute atomic E-state index is 5.40. The van der Waals surface area contributed by atoms with Crippen LogP contribution in [0.2, 0.25) is 0 Å². The van der Waals surface area contributed by atoms with Crippen LogP contribution in [0.4, 0.5) is 5.00 Å². The molecule has 0 unspecified atom stereocenters. The number of hydrogen-bond acceptors (Lipinski definition) is 3. The van der Waals surface area contributed by atoms with E-state index in [1.54, 1.807) is 6.20 Å². The third kappa shape index (κ3) is 0.718. The van der Waals surface area contributed by atoms with E-state index in [1.807, 2.05) is 6.92 Å². The lowest BCUT2D eigenvalue weighted by atomic mass is 10.4. The van der Waals surface area contributed by atoms with Crippen LogP contribution in [0.25, 0.3) is 0 Å². The number of rotatable bonds is 0. The second-order valence-corrected chi connectivity index (χ2v) is 2.21. The van der Waals surface area contributed by atoms with Crippen LogP contribution < -0.4 is 5.73 Å². The predicted octanol–water partition coefficient (Wildman–Crippen LogP) is 1.03. The van der Waals surface area contributed by atoms with Crippen LogP contribution in [0.5, 0.6) is 0 Å². The largest absolute Gasteiger partial charge is 0.389 e. The van der Waals surface area contributed by atoms with Gasteiger partial charge in [-0.3, -0.25) is 0 Å². The van der Waals surface area contributed by atoms with Gasteiger partial charge in [-0.15, -0.1) is 0 Å². The summed E-state index contributed by atoms with van der Waals surface area (Å²) in [4.78, 5) is 0. The van der Waals surface area contributed by atoms with E-state index < -0.39 is 0 Å². The van der Waals surface area contributed by atoms with Gasteiger partial charge in [0.15, 0.2) is 0 Å². The minimum absolute atomic E-state index is 0.819. The molecule has 0 aliphatic heterocycles. The van der Waals surface area contributed by atoms with E-state index in [9.17, 15) is 0 Å². The first-order valence-corrected chi connectivity index (χ1v) is 2.75. The molecule has 1 aromatic rings. The van der Waals surface area contributed by atoms with Gasteiger partial charge in [-0.2, -0.15) is 4.37 Å². The average molecular weight is 114 g/mol. The maximum atomic E-state index is 5.40. The zero-order valence-electron chi connectivity index (χ0n) is 4.01. The summed E-state index contributed by atoms with van der Waals surface area (Å²) in [5.41, 5.74) is 6.47. The average Bonchev–Trinajstić information content (AvgIpc) is 1.91. The Hall–Kier alpha value is -0.570. The lowest BCUT2D eigenvalue weighted by Gasteiger charge is -1.78. The van der Waals surface area contributed by atoms with Crippen molar-refractivity contribution in [2.45, 2.75) is 6.92 Å². The van der Waals surface area contributed by atoms with E-state index in [1.165, 1.54) is 11.5 Å². The first kappa shape index (κ1) is 4.59. The molecule has 0 saturated carbocycles. The quantitative estimate of drug-likeness (QED) is 0.547. The molecule has 2 nitrogen and oxygen atoms in total. The Bertz CT molecular complexity index is 142. The van der Waals surface area contributed by atoms with Gasteiger partial charge < -0.3 is 5.73 Å². The summed E-state index contributed by atoms with van der Waals surface area (Å²) in [6.45, 7) is 1.94. The molecule has 0 amide bonds. The summed E-state index contributed by atoms with van der Waals surface area (Å²) in [5.74, 6) is 0. The van der Waals surface area contributed by atoms with Crippen LogP contribution in [0.15, 0.2) is 6.20 Å². The standard InChI is InChI=1S/C4H6N2S/c1-3-2-6-7-4(3)5/h2H,5H2,1H3. The number of anilines is 1. The van der Waals surface area contributed by atoms with Crippen molar-refractivity contribution < 1.29 is 0 Å². The minimum atomic E-state index is 0.819. The third-order valence-corrected chi connectivity index (χ3v) is 1.52. The molecule has 7 heavy (non-hydrogen) atoms. The van der Waals surface area contributed by atoms with Gasteiger partial charge >= 0.3 is 0 Å². The highest BCUT2D eigenvalue weighted by atomic mass is 32.1. The highest BCUT2D eigenvalue weighted by Gasteiger charge is 1.89. The highest BCUT2D eigenvalue weighted by molar-refractivity contribution is 7.10. The molecule has 38 valence electrons. The molecule has 0 aliphatic carbocycles. The van der Waals surface area contributed by atoms with Crippen LogP contribution in [0.1, 0.15) is 5.56 Å². The Morgan fingerprint density at radius 3 is 2.71 bits per heavy atom. The number of nitrogen functional groups attached to an aromatic ring is 1. The number of aryl methyl sites for hydroxylation is 1. The fourth-order valence-electron chi connectivity index (χ4n) is 0.298. The Kier molecular flexibility index (Phi) is 0.982. The fourth-order valence-corrected chi connectivity index (χ4v) is 0.819. The molecule has 3 heteroatoms. The summed E-state index contributed by atoms with van der Waals surface area (Å²) >= 11 is 1.33.